The lowest BCUT2D eigenvalue weighted by Gasteiger charge is -2.20. The summed E-state index contributed by atoms with van der Waals surface area (Å²) in [5.41, 5.74) is 0.747. The van der Waals surface area contributed by atoms with E-state index in [0.717, 1.165) is 16.1 Å². The maximum Gasteiger partial charge on any atom is 0.235 e. The molecule has 0 heterocycles. The molecule has 0 aliphatic heterocycles. The summed E-state index contributed by atoms with van der Waals surface area (Å²) >= 11 is 0. The van der Waals surface area contributed by atoms with Crippen molar-refractivity contribution in [1.82, 2.24) is 9.62 Å². The molecule has 1 aromatic rings. The molecule has 0 aliphatic rings. The summed E-state index contributed by atoms with van der Waals surface area (Å²) in [4.78, 5) is 11.9. The lowest BCUT2D eigenvalue weighted by molar-refractivity contribution is -0.121. The second-order valence-electron chi connectivity index (χ2n) is 4.92. The van der Waals surface area contributed by atoms with Crippen molar-refractivity contribution in [2.45, 2.75) is 13.0 Å². The maximum absolute atomic E-state index is 11.9. The summed E-state index contributed by atoms with van der Waals surface area (Å²) in [5, 5.41) is 2.74. The van der Waals surface area contributed by atoms with Crippen LogP contribution in [0.2, 0.25) is 0 Å². The van der Waals surface area contributed by atoms with Crippen molar-refractivity contribution in [3.05, 3.63) is 23.8 Å². The van der Waals surface area contributed by atoms with Gasteiger partial charge < -0.3 is 14.8 Å². The highest BCUT2D eigenvalue weighted by Crippen LogP contribution is 2.29. The molecule has 1 amide bonds. The van der Waals surface area contributed by atoms with Gasteiger partial charge in [0.25, 0.3) is 0 Å². The molecular weight excluding hydrogens is 308 g/mol. The van der Waals surface area contributed by atoms with Gasteiger partial charge in [-0.2, -0.15) is 4.31 Å². The van der Waals surface area contributed by atoms with Crippen LogP contribution in [0.3, 0.4) is 0 Å². The van der Waals surface area contributed by atoms with Crippen LogP contribution in [-0.4, -0.2) is 52.7 Å². The number of rotatable bonds is 7. The Hall–Kier alpha value is -1.80. The molecule has 0 radical (unpaired) electrons. The molecule has 22 heavy (non-hydrogen) atoms. The number of likely N-dealkylation sites (N-methyl/N-ethyl adjacent to an activating group) is 1. The number of methoxy groups -OCH3 is 2. The fourth-order valence-corrected chi connectivity index (χ4v) is 2.21. The third kappa shape index (κ3) is 4.88. The smallest absolute Gasteiger partial charge is 0.235 e. The topological polar surface area (TPSA) is 84.9 Å². The average molecular weight is 330 g/mol. The first kappa shape index (κ1) is 18.2. The van der Waals surface area contributed by atoms with Crippen molar-refractivity contribution < 1.29 is 22.7 Å². The Kier molecular flexibility index (Phi) is 6.19. The van der Waals surface area contributed by atoms with Crippen LogP contribution in [-0.2, 0) is 14.8 Å². The molecule has 7 nitrogen and oxygen atoms in total. The lowest BCUT2D eigenvalue weighted by Crippen LogP contribution is -2.38. The van der Waals surface area contributed by atoms with Crippen LogP contribution in [0.5, 0.6) is 11.5 Å². The van der Waals surface area contributed by atoms with Crippen molar-refractivity contribution in [1.29, 1.82) is 0 Å². The van der Waals surface area contributed by atoms with Crippen molar-refractivity contribution in [2.24, 2.45) is 0 Å². The van der Waals surface area contributed by atoms with Gasteiger partial charge in [0, 0.05) is 12.6 Å². The van der Waals surface area contributed by atoms with Crippen LogP contribution in [0.4, 0.5) is 0 Å². The van der Waals surface area contributed by atoms with Crippen LogP contribution >= 0.6 is 0 Å². The van der Waals surface area contributed by atoms with Gasteiger partial charge in [-0.1, -0.05) is 0 Å². The predicted molar refractivity (Wildman–Crippen MR) is 83.6 cm³/mol. The van der Waals surface area contributed by atoms with E-state index in [2.05, 4.69) is 5.32 Å². The number of hydrogen-bond acceptors (Lipinski definition) is 5. The zero-order chi connectivity index (χ0) is 16.9. The van der Waals surface area contributed by atoms with E-state index < -0.39 is 15.9 Å². The van der Waals surface area contributed by atoms with Gasteiger partial charge in [-0.05, 0) is 25.1 Å². The first-order chi connectivity index (χ1) is 10.2. The van der Waals surface area contributed by atoms with E-state index in [9.17, 15) is 13.2 Å². The molecule has 1 atom stereocenters. The SMILES string of the molecule is COc1ccc(OC)c([C@@H](C)NC(=O)CN(C)S(C)(=O)=O)c1. The fourth-order valence-electron chi connectivity index (χ4n) is 1.86. The van der Waals surface area contributed by atoms with E-state index in [0.29, 0.717) is 11.5 Å². The molecule has 8 heteroatoms. The molecule has 0 spiro atoms. The van der Waals surface area contributed by atoms with Crippen LogP contribution in [0.25, 0.3) is 0 Å². The van der Waals surface area contributed by atoms with Gasteiger partial charge >= 0.3 is 0 Å². The van der Waals surface area contributed by atoms with Crippen LogP contribution in [0, 0.1) is 0 Å². The number of carbonyl (C=O) groups excluding carboxylic acids is 1. The highest BCUT2D eigenvalue weighted by Gasteiger charge is 2.19. The monoisotopic (exact) mass is 330 g/mol. The number of nitrogens with one attached hydrogen (secondary N) is 1. The Morgan fingerprint density at radius 2 is 1.95 bits per heavy atom. The minimum atomic E-state index is -3.39. The molecule has 124 valence electrons. The summed E-state index contributed by atoms with van der Waals surface area (Å²) < 4.78 is 34.0. The Balaban J connectivity index is 2.84. The first-order valence-electron chi connectivity index (χ1n) is 6.61. The Labute approximate surface area is 131 Å². The quantitative estimate of drug-likeness (QED) is 0.798. The van der Waals surface area contributed by atoms with Crippen molar-refractivity contribution >= 4 is 15.9 Å². The maximum atomic E-state index is 11.9. The number of amides is 1. The molecule has 1 aromatic carbocycles. The van der Waals surface area contributed by atoms with E-state index in [-0.39, 0.29) is 12.6 Å². The Morgan fingerprint density at radius 3 is 2.45 bits per heavy atom. The van der Waals surface area contributed by atoms with E-state index >= 15 is 0 Å². The number of sulfonamides is 1. The van der Waals surface area contributed by atoms with Crippen LogP contribution in [0.15, 0.2) is 18.2 Å². The summed E-state index contributed by atoms with van der Waals surface area (Å²) in [6.45, 7) is 1.55. The molecular formula is C14H22N2O5S. The van der Waals surface area contributed by atoms with E-state index in [1.165, 1.54) is 14.2 Å². The summed E-state index contributed by atoms with van der Waals surface area (Å²) in [6.07, 6.45) is 1.05. The van der Waals surface area contributed by atoms with Gasteiger partial charge in [0.1, 0.15) is 11.5 Å². The standard InChI is InChI=1S/C14H22N2O5S/c1-10(15-14(17)9-16(2)22(5,18)19)12-8-11(20-3)6-7-13(12)21-4/h6-8,10H,9H2,1-5H3,(H,15,17)/t10-/m1/s1. The fraction of sp³-hybridized carbons (Fsp3) is 0.500. The lowest BCUT2D eigenvalue weighted by atomic mass is 10.1. The van der Waals surface area contributed by atoms with Crippen LogP contribution < -0.4 is 14.8 Å². The molecule has 0 bridgehead atoms. The van der Waals surface area contributed by atoms with Gasteiger partial charge in [0.2, 0.25) is 15.9 Å². The molecule has 0 saturated carbocycles. The summed E-state index contributed by atoms with van der Waals surface area (Å²) in [5.74, 6) is 0.862. The van der Waals surface area contributed by atoms with Crippen molar-refractivity contribution in [2.75, 3.05) is 34.1 Å². The minimum Gasteiger partial charge on any atom is -0.497 e. The normalized spacial score (nSPS) is 12.8. The van der Waals surface area contributed by atoms with Gasteiger partial charge in [0.15, 0.2) is 0 Å². The number of ether oxygens (including phenoxy) is 2. The largest absolute Gasteiger partial charge is 0.497 e. The second kappa shape index (κ2) is 7.46. The first-order valence-corrected chi connectivity index (χ1v) is 8.46. The summed E-state index contributed by atoms with van der Waals surface area (Å²) in [7, 11) is 1.05. The highest BCUT2D eigenvalue weighted by molar-refractivity contribution is 7.88. The molecule has 0 unspecified atom stereocenters. The van der Waals surface area contributed by atoms with E-state index in [1.807, 2.05) is 0 Å². The third-order valence-corrected chi connectivity index (χ3v) is 4.47. The highest BCUT2D eigenvalue weighted by atomic mass is 32.2. The number of hydrogen-bond donors (Lipinski definition) is 1. The molecule has 1 rings (SSSR count). The molecule has 0 fully saturated rings. The van der Waals surface area contributed by atoms with E-state index in [4.69, 9.17) is 9.47 Å². The average Bonchev–Trinajstić information content (AvgIpc) is 2.45. The van der Waals surface area contributed by atoms with Crippen LogP contribution in [0.1, 0.15) is 18.5 Å². The van der Waals surface area contributed by atoms with Gasteiger partial charge in [0.05, 0.1) is 33.1 Å². The summed E-state index contributed by atoms with van der Waals surface area (Å²) in [6, 6.07) is 4.92. The van der Waals surface area contributed by atoms with Gasteiger partial charge in [-0.15, -0.1) is 0 Å². The predicted octanol–water partition coefficient (Wildman–Crippen LogP) is 0.772. The molecule has 0 saturated heterocycles. The Morgan fingerprint density at radius 1 is 1.32 bits per heavy atom. The molecule has 0 aliphatic carbocycles. The third-order valence-electron chi connectivity index (χ3n) is 3.21. The van der Waals surface area contributed by atoms with Crippen molar-refractivity contribution in [3.8, 4) is 11.5 Å². The number of nitrogens with zero attached hydrogens (tertiary/aromatic N) is 1. The Bertz CT molecular complexity index is 630. The molecule has 0 aromatic heterocycles. The zero-order valence-corrected chi connectivity index (χ0v) is 14.2. The number of benzene rings is 1. The number of carbonyl (C=O) groups is 1. The zero-order valence-electron chi connectivity index (χ0n) is 13.4. The second-order valence-corrected chi connectivity index (χ2v) is 7.01. The van der Waals surface area contributed by atoms with E-state index in [1.54, 1.807) is 32.2 Å². The van der Waals surface area contributed by atoms with Gasteiger partial charge in [-0.25, -0.2) is 8.42 Å². The molecule has 1 N–H and O–H groups in total. The minimum absolute atomic E-state index is 0.241. The van der Waals surface area contributed by atoms with Gasteiger partial charge in [-0.3, -0.25) is 4.79 Å². The van der Waals surface area contributed by atoms with Crippen molar-refractivity contribution in [3.63, 3.8) is 0 Å².